The largest absolute Gasteiger partial charge is 3.00 e. The van der Waals surface area contributed by atoms with Crippen molar-refractivity contribution in [3.63, 3.8) is 0 Å². The van der Waals surface area contributed by atoms with Gasteiger partial charge >= 0.3 is 17.4 Å². The molecule has 144 valence electrons. The standard InChI is InChI=1S/C12H22O11.Al.H2O/c13-1-4-6(16)8(18)9(19)11(21-4)23-12(3-15)10(20)7(17)5(2-14)22-12;;/h4-11,13-20H,1-3H2;;1H2/q;+3;/p-1/t4-,5-,6-,7-,8+,9-,10+,11-,12+;;/m1../s1. The summed E-state index contributed by atoms with van der Waals surface area (Å²) < 4.78 is 15.4. The van der Waals surface area contributed by atoms with E-state index in [-0.39, 0.29) is 22.8 Å². The molecule has 12 nitrogen and oxygen atoms in total. The summed E-state index contributed by atoms with van der Waals surface area (Å²) in [6, 6.07) is 0. The molecule has 2 saturated heterocycles. The second-order valence-electron chi connectivity index (χ2n) is 5.56. The van der Waals surface area contributed by atoms with Crippen molar-refractivity contribution < 1.29 is 60.5 Å². The predicted molar refractivity (Wildman–Crippen MR) is 76.3 cm³/mol. The fourth-order valence-corrected chi connectivity index (χ4v) is 2.63. The van der Waals surface area contributed by atoms with Crippen LogP contribution in [0, 0.1) is 0 Å². The Bertz CT molecular complexity index is 400. The van der Waals surface area contributed by atoms with Gasteiger partial charge in [-0.05, 0) is 0 Å². The van der Waals surface area contributed by atoms with Crippen molar-refractivity contribution in [2.75, 3.05) is 19.8 Å². The molecular formula is C12H23AlO12+2. The molecule has 0 saturated carbocycles. The Kier molecular flexibility index (Phi) is 9.85. The van der Waals surface area contributed by atoms with Gasteiger partial charge in [-0.2, -0.15) is 0 Å². The van der Waals surface area contributed by atoms with Crippen LogP contribution in [-0.2, 0) is 14.2 Å². The third-order valence-corrected chi connectivity index (χ3v) is 4.07. The molecule has 2 heterocycles. The molecule has 0 aliphatic carbocycles. The van der Waals surface area contributed by atoms with Crippen molar-refractivity contribution in [3.8, 4) is 0 Å². The average Bonchev–Trinajstić information content (AvgIpc) is 2.80. The van der Waals surface area contributed by atoms with Gasteiger partial charge in [0.1, 0.15) is 49.3 Å². The summed E-state index contributed by atoms with van der Waals surface area (Å²) in [5.74, 6) is -2.22. The maximum atomic E-state index is 10.00. The van der Waals surface area contributed by atoms with Crippen LogP contribution in [0.4, 0.5) is 0 Å². The van der Waals surface area contributed by atoms with Gasteiger partial charge in [0.15, 0.2) is 6.29 Å². The Balaban J connectivity index is 0.00000288. The van der Waals surface area contributed by atoms with Crippen molar-refractivity contribution >= 4 is 17.4 Å². The molecule has 2 aliphatic rings. The van der Waals surface area contributed by atoms with Crippen molar-refractivity contribution in [2.45, 2.75) is 54.8 Å². The van der Waals surface area contributed by atoms with Crippen LogP contribution in [0.1, 0.15) is 0 Å². The molecule has 0 bridgehead atoms. The quantitative estimate of drug-likeness (QED) is 0.207. The van der Waals surface area contributed by atoms with Crippen LogP contribution < -0.4 is 0 Å². The minimum atomic E-state index is -2.22. The molecule has 9 N–H and O–H groups in total. The first-order chi connectivity index (χ1) is 10.8. The first-order valence-electron chi connectivity index (χ1n) is 7.05. The summed E-state index contributed by atoms with van der Waals surface area (Å²) >= 11 is 0. The van der Waals surface area contributed by atoms with Crippen molar-refractivity contribution in [2.24, 2.45) is 0 Å². The Morgan fingerprint density at radius 1 is 0.800 bits per heavy atom. The van der Waals surface area contributed by atoms with E-state index in [0.717, 1.165) is 0 Å². The molecule has 0 aromatic rings. The van der Waals surface area contributed by atoms with Crippen LogP contribution in [0.5, 0.6) is 0 Å². The third-order valence-electron chi connectivity index (χ3n) is 4.07. The summed E-state index contributed by atoms with van der Waals surface area (Å²) in [6.45, 7) is -2.32. The number of aliphatic hydroxyl groups excluding tert-OH is 8. The fourth-order valence-electron chi connectivity index (χ4n) is 2.63. The molecule has 0 radical (unpaired) electrons. The van der Waals surface area contributed by atoms with Gasteiger partial charge in [0.2, 0.25) is 5.79 Å². The second kappa shape index (κ2) is 9.83. The number of aliphatic hydroxyl groups is 8. The zero-order valence-electron chi connectivity index (χ0n) is 13.1. The molecule has 0 spiro atoms. The Morgan fingerprint density at radius 3 is 1.80 bits per heavy atom. The topological polar surface area (TPSA) is 220 Å². The second-order valence-corrected chi connectivity index (χ2v) is 5.56. The van der Waals surface area contributed by atoms with Gasteiger partial charge in [-0.15, -0.1) is 0 Å². The number of hydrogen-bond acceptors (Lipinski definition) is 12. The van der Waals surface area contributed by atoms with Gasteiger partial charge in [0.05, 0.1) is 13.2 Å². The molecule has 25 heavy (non-hydrogen) atoms. The maximum absolute atomic E-state index is 10.00. The van der Waals surface area contributed by atoms with E-state index in [2.05, 4.69) is 0 Å². The van der Waals surface area contributed by atoms with E-state index < -0.39 is 74.6 Å². The van der Waals surface area contributed by atoms with Crippen LogP contribution in [0.15, 0.2) is 0 Å². The van der Waals surface area contributed by atoms with Crippen LogP contribution in [0.2, 0.25) is 0 Å². The summed E-state index contributed by atoms with van der Waals surface area (Å²) in [5.41, 5.74) is 0. The minimum absolute atomic E-state index is 0. The van der Waals surface area contributed by atoms with Gasteiger partial charge in [0.25, 0.3) is 0 Å². The normalized spacial score (nSPS) is 47.0. The van der Waals surface area contributed by atoms with E-state index >= 15 is 0 Å². The van der Waals surface area contributed by atoms with E-state index in [0.29, 0.717) is 0 Å². The molecule has 0 aromatic carbocycles. The third kappa shape index (κ3) is 4.49. The number of rotatable bonds is 5. The average molecular weight is 386 g/mol. The van der Waals surface area contributed by atoms with Gasteiger partial charge in [-0.1, -0.05) is 0 Å². The Labute approximate surface area is 153 Å². The van der Waals surface area contributed by atoms with Crippen LogP contribution in [-0.4, -0.2) is 138 Å². The summed E-state index contributed by atoms with van der Waals surface area (Å²) in [4.78, 5) is 0. The summed E-state index contributed by atoms with van der Waals surface area (Å²) in [5, 5.41) is 76.7. The van der Waals surface area contributed by atoms with Crippen molar-refractivity contribution in [1.29, 1.82) is 0 Å². The van der Waals surface area contributed by atoms with E-state index in [4.69, 9.17) is 24.4 Å². The first kappa shape index (κ1) is 25.1. The number of hydrogen-bond donors (Lipinski definition) is 8. The van der Waals surface area contributed by atoms with Crippen LogP contribution >= 0.6 is 0 Å². The molecule has 2 fully saturated rings. The van der Waals surface area contributed by atoms with Crippen molar-refractivity contribution in [3.05, 3.63) is 0 Å². The Morgan fingerprint density at radius 2 is 1.36 bits per heavy atom. The molecule has 9 atom stereocenters. The SMILES string of the molecule is OC[C@H]1O[C@@](CO)(O[C@H]2O[C@H](CO)[C@@H](O)[C@H](O)[C@H]2O)[C@@H](O)[C@@H]1O.[Al+3].[OH-]. The summed E-state index contributed by atoms with van der Waals surface area (Å²) in [6.07, 6.45) is -12.7. The number of ether oxygens (including phenoxy) is 3. The van der Waals surface area contributed by atoms with E-state index in [1.807, 2.05) is 0 Å². The van der Waals surface area contributed by atoms with E-state index in [9.17, 15) is 30.6 Å². The van der Waals surface area contributed by atoms with Crippen molar-refractivity contribution in [1.82, 2.24) is 0 Å². The van der Waals surface area contributed by atoms with Gasteiger partial charge in [-0.25, -0.2) is 0 Å². The molecule has 13 heteroatoms. The van der Waals surface area contributed by atoms with Gasteiger partial charge in [0, 0.05) is 0 Å². The van der Waals surface area contributed by atoms with E-state index in [1.165, 1.54) is 0 Å². The smallest absolute Gasteiger partial charge is 0.870 e. The predicted octanol–water partition coefficient (Wildman–Crippen LogP) is -5.95. The van der Waals surface area contributed by atoms with Gasteiger partial charge in [-0.3, -0.25) is 0 Å². The van der Waals surface area contributed by atoms with Gasteiger partial charge < -0.3 is 60.5 Å². The molecule has 2 aliphatic heterocycles. The molecule has 0 amide bonds. The van der Waals surface area contributed by atoms with Crippen LogP contribution in [0.25, 0.3) is 0 Å². The summed E-state index contributed by atoms with van der Waals surface area (Å²) in [7, 11) is 0. The fraction of sp³-hybridized carbons (Fsp3) is 1.00. The molecule has 2 rings (SSSR count). The van der Waals surface area contributed by atoms with E-state index in [1.54, 1.807) is 0 Å². The Hall–Kier alpha value is 0.0525. The molecule has 0 unspecified atom stereocenters. The maximum Gasteiger partial charge on any atom is 3.00 e. The first-order valence-corrected chi connectivity index (χ1v) is 7.05. The minimum Gasteiger partial charge on any atom is -0.870 e. The zero-order chi connectivity index (χ0) is 17.4. The molecular weight excluding hydrogens is 363 g/mol. The van der Waals surface area contributed by atoms with Crippen LogP contribution in [0.3, 0.4) is 0 Å². The molecule has 0 aromatic heterocycles. The zero-order valence-corrected chi connectivity index (χ0v) is 14.2. The monoisotopic (exact) mass is 386 g/mol.